The molecule has 0 heterocycles. The van der Waals surface area contributed by atoms with Gasteiger partial charge < -0.3 is 4.90 Å². The van der Waals surface area contributed by atoms with Gasteiger partial charge in [-0.25, -0.2) is 0 Å². The van der Waals surface area contributed by atoms with E-state index in [1.165, 1.54) is 29.3 Å². The highest BCUT2D eigenvalue weighted by molar-refractivity contribution is 7.80. The van der Waals surface area contributed by atoms with Gasteiger partial charge in [-0.15, -0.1) is 0 Å². The van der Waals surface area contributed by atoms with E-state index in [1.807, 2.05) is 0 Å². The molecule has 0 aliphatic heterocycles. The van der Waals surface area contributed by atoms with Gasteiger partial charge >= 0.3 is 0 Å². The Morgan fingerprint density at radius 1 is 1.00 bits per heavy atom. The highest BCUT2D eigenvalue weighted by Crippen LogP contribution is 2.21. The summed E-state index contributed by atoms with van der Waals surface area (Å²) in [5, 5.41) is 2.62. The maximum atomic E-state index is 4.24. The monoisotopic (exact) mass is 245 g/mol. The first-order chi connectivity index (χ1) is 8.31. The van der Waals surface area contributed by atoms with E-state index in [0.29, 0.717) is 0 Å². The molecule has 90 valence electrons. The Bertz CT molecular complexity index is 481. The number of benzene rings is 2. The van der Waals surface area contributed by atoms with Crippen molar-refractivity contribution in [3.63, 3.8) is 0 Å². The van der Waals surface area contributed by atoms with Gasteiger partial charge in [0.15, 0.2) is 0 Å². The third-order valence-corrected chi connectivity index (χ3v) is 3.39. The largest absolute Gasteiger partial charge is 0.375 e. The van der Waals surface area contributed by atoms with Gasteiger partial charge in [0.2, 0.25) is 0 Å². The summed E-state index contributed by atoms with van der Waals surface area (Å²) in [6.07, 6.45) is 2.38. The van der Waals surface area contributed by atoms with Crippen molar-refractivity contribution >= 4 is 29.1 Å². The molecule has 0 amide bonds. The van der Waals surface area contributed by atoms with Crippen LogP contribution in [0.1, 0.15) is 12.8 Å². The van der Waals surface area contributed by atoms with Crippen LogP contribution in [-0.4, -0.2) is 19.3 Å². The molecule has 2 rings (SSSR count). The minimum absolute atomic E-state index is 0.978. The van der Waals surface area contributed by atoms with Crippen molar-refractivity contribution < 1.29 is 0 Å². The molecule has 17 heavy (non-hydrogen) atoms. The van der Waals surface area contributed by atoms with Crippen molar-refractivity contribution in [2.75, 3.05) is 24.2 Å². The molecule has 0 aliphatic rings. The van der Waals surface area contributed by atoms with Crippen molar-refractivity contribution in [2.45, 2.75) is 12.8 Å². The number of unbranched alkanes of at least 4 members (excludes halogenated alkanes) is 1. The van der Waals surface area contributed by atoms with Crippen molar-refractivity contribution in [1.29, 1.82) is 0 Å². The molecule has 0 unspecified atom stereocenters. The number of hydrogen-bond acceptors (Lipinski definition) is 2. The molecule has 0 fully saturated rings. The lowest BCUT2D eigenvalue weighted by Gasteiger charge is -2.19. The molecular weight excluding hydrogens is 226 g/mol. The average molecular weight is 245 g/mol. The van der Waals surface area contributed by atoms with Crippen LogP contribution in [0.4, 0.5) is 5.69 Å². The lowest BCUT2D eigenvalue weighted by Crippen LogP contribution is -2.18. The van der Waals surface area contributed by atoms with Crippen LogP contribution >= 0.6 is 12.6 Å². The second kappa shape index (κ2) is 5.97. The maximum Gasteiger partial charge on any atom is 0.0370 e. The van der Waals surface area contributed by atoms with E-state index in [-0.39, 0.29) is 0 Å². The third-order valence-electron chi connectivity index (χ3n) is 3.08. The van der Waals surface area contributed by atoms with Gasteiger partial charge in [-0.05, 0) is 41.5 Å². The molecule has 2 heteroatoms. The van der Waals surface area contributed by atoms with Gasteiger partial charge in [-0.1, -0.05) is 30.3 Å². The zero-order valence-corrected chi connectivity index (χ0v) is 11.2. The predicted molar refractivity (Wildman–Crippen MR) is 80.3 cm³/mol. The fourth-order valence-electron chi connectivity index (χ4n) is 2.00. The second-order valence-corrected chi connectivity index (χ2v) is 4.83. The SMILES string of the molecule is CN(CCCCS)c1ccc2ccccc2c1. The molecule has 2 aromatic rings. The molecular formula is C15H19NS. The third kappa shape index (κ3) is 3.16. The van der Waals surface area contributed by atoms with Crippen LogP contribution in [0, 0.1) is 0 Å². The van der Waals surface area contributed by atoms with Crippen LogP contribution in [0.3, 0.4) is 0 Å². The molecule has 0 atom stereocenters. The summed E-state index contributed by atoms with van der Waals surface area (Å²) >= 11 is 4.24. The van der Waals surface area contributed by atoms with Gasteiger partial charge in [0, 0.05) is 19.3 Å². The van der Waals surface area contributed by atoms with E-state index in [9.17, 15) is 0 Å². The fraction of sp³-hybridized carbons (Fsp3) is 0.333. The molecule has 0 aliphatic carbocycles. The van der Waals surface area contributed by atoms with E-state index in [1.54, 1.807) is 0 Å². The van der Waals surface area contributed by atoms with Crippen molar-refractivity contribution in [3.05, 3.63) is 42.5 Å². The van der Waals surface area contributed by atoms with Crippen LogP contribution in [0.2, 0.25) is 0 Å². The van der Waals surface area contributed by atoms with Crippen LogP contribution in [0.5, 0.6) is 0 Å². The van der Waals surface area contributed by atoms with E-state index < -0.39 is 0 Å². The van der Waals surface area contributed by atoms with Crippen molar-refractivity contribution in [2.24, 2.45) is 0 Å². The second-order valence-electron chi connectivity index (χ2n) is 4.38. The smallest absolute Gasteiger partial charge is 0.0370 e. The number of thiol groups is 1. The number of rotatable bonds is 5. The molecule has 2 aromatic carbocycles. The summed E-state index contributed by atoms with van der Waals surface area (Å²) in [7, 11) is 2.16. The first-order valence-electron chi connectivity index (χ1n) is 6.12. The van der Waals surface area contributed by atoms with E-state index in [4.69, 9.17) is 0 Å². The summed E-state index contributed by atoms with van der Waals surface area (Å²) in [5.41, 5.74) is 1.29. The molecule has 0 aromatic heterocycles. The molecule has 1 nitrogen and oxygen atoms in total. The van der Waals surface area contributed by atoms with Crippen LogP contribution < -0.4 is 4.90 Å². The number of hydrogen-bond donors (Lipinski definition) is 1. The molecule has 0 bridgehead atoms. The Morgan fingerprint density at radius 3 is 2.53 bits per heavy atom. The highest BCUT2D eigenvalue weighted by Gasteiger charge is 2.01. The Hall–Kier alpha value is -1.15. The normalized spacial score (nSPS) is 10.7. The van der Waals surface area contributed by atoms with Gasteiger partial charge in [0.05, 0.1) is 0 Å². The van der Waals surface area contributed by atoms with Gasteiger partial charge in [0.25, 0.3) is 0 Å². The molecule has 0 N–H and O–H groups in total. The summed E-state index contributed by atoms with van der Waals surface area (Å²) in [6.45, 7) is 1.10. The van der Waals surface area contributed by atoms with Crippen LogP contribution in [0.25, 0.3) is 10.8 Å². The quantitative estimate of drug-likeness (QED) is 0.616. The van der Waals surface area contributed by atoms with Crippen molar-refractivity contribution in [3.8, 4) is 0 Å². The van der Waals surface area contributed by atoms with Gasteiger partial charge in [-0.2, -0.15) is 12.6 Å². The minimum atomic E-state index is 0.978. The zero-order chi connectivity index (χ0) is 12.1. The summed E-state index contributed by atoms with van der Waals surface area (Å²) in [4.78, 5) is 2.32. The van der Waals surface area contributed by atoms with E-state index in [2.05, 4.69) is 67.0 Å². The lowest BCUT2D eigenvalue weighted by molar-refractivity contribution is 0.774. The summed E-state index contributed by atoms with van der Waals surface area (Å²) in [5.74, 6) is 0.978. The Kier molecular flexibility index (Phi) is 4.32. The Morgan fingerprint density at radius 2 is 1.76 bits per heavy atom. The Balaban J connectivity index is 2.12. The molecule has 0 saturated carbocycles. The fourth-order valence-corrected chi connectivity index (χ4v) is 2.23. The standard InChI is InChI=1S/C15H19NS/c1-16(10-4-5-11-17)15-9-8-13-6-2-3-7-14(13)12-15/h2-3,6-9,12,17H,4-5,10-11H2,1H3. The highest BCUT2D eigenvalue weighted by atomic mass is 32.1. The number of nitrogens with zero attached hydrogens (tertiary/aromatic N) is 1. The number of anilines is 1. The molecule has 0 radical (unpaired) electrons. The molecule has 0 saturated heterocycles. The van der Waals surface area contributed by atoms with E-state index in [0.717, 1.165) is 12.3 Å². The minimum Gasteiger partial charge on any atom is -0.375 e. The van der Waals surface area contributed by atoms with Gasteiger partial charge in [0.1, 0.15) is 0 Å². The predicted octanol–water partition coefficient (Wildman–Crippen LogP) is 3.99. The maximum absolute atomic E-state index is 4.24. The van der Waals surface area contributed by atoms with Crippen molar-refractivity contribution in [1.82, 2.24) is 0 Å². The van der Waals surface area contributed by atoms with Crippen LogP contribution in [-0.2, 0) is 0 Å². The topological polar surface area (TPSA) is 3.24 Å². The average Bonchev–Trinajstić information content (AvgIpc) is 2.38. The lowest BCUT2D eigenvalue weighted by atomic mass is 10.1. The van der Waals surface area contributed by atoms with Gasteiger partial charge in [-0.3, -0.25) is 0 Å². The first-order valence-corrected chi connectivity index (χ1v) is 6.75. The first kappa shape index (κ1) is 12.3. The Labute approximate surface area is 109 Å². The molecule has 0 spiro atoms. The van der Waals surface area contributed by atoms with Crippen LogP contribution in [0.15, 0.2) is 42.5 Å². The van der Waals surface area contributed by atoms with E-state index >= 15 is 0 Å². The summed E-state index contributed by atoms with van der Waals surface area (Å²) in [6, 6.07) is 15.1. The number of fused-ring (bicyclic) bond motifs is 1. The zero-order valence-electron chi connectivity index (χ0n) is 10.3. The summed E-state index contributed by atoms with van der Waals surface area (Å²) < 4.78 is 0.